The molecule has 0 atom stereocenters. The summed E-state index contributed by atoms with van der Waals surface area (Å²) in [6.45, 7) is 4.23. The lowest BCUT2D eigenvalue weighted by molar-refractivity contribution is -0.120. The number of nitrogens with one attached hydrogen (secondary N) is 1. The van der Waals surface area contributed by atoms with Crippen molar-refractivity contribution in [3.8, 4) is 22.6 Å². The maximum absolute atomic E-state index is 12.5. The standard InChI is InChI=1S/C40H45N3O3/c1-3-14-31-22-25-37(38(29-31)45-2)46-28-13-12-27-43-36-18-10-9-17-35(36)42-39(43)19-8-5-11-26-41-40(44)30-32-20-23-34(24-21-32)33-15-6-4-7-16-33/h3-4,6-7,9-10,14-18,20-25,29H,5,8,11-13,19,26-28,30H2,1-2H3,(H,41,44)/b14-3+. The molecule has 0 aliphatic heterocycles. The lowest BCUT2D eigenvalue weighted by Crippen LogP contribution is -2.26. The fourth-order valence-corrected chi connectivity index (χ4v) is 5.73. The minimum Gasteiger partial charge on any atom is -0.493 e. The van der Waals surface area contributed by atoms with Crippen molar-refractivity contribution in [1.29, 1.82) is 0 Å². The second kappa shape index (κ2) is 17.0. The second-order valence-corrected chi connectivity index (χ2v) is 11.5. The van der Waals surface area contributed by atoms with Crippen LogP contribution in [0.1, 0.15) is 56.0 Å². The molecule has 6 heteroatoms. The molecule has 6 nitrogen and oxygen atoms in total. The van der Waals surface area contributed by atoms with Gasteiger partial charge in [0.2, 0.25) is 5.91 Å². The topological polar surface area (TPSA) is 65.4 Å². The first kappa shape index (κ1) is 32.6. The van der Waals surface area contributed by atoms with Crippen LogP contribution in [0.4, 0.5) is 0 Å². The van der Waals surface area contributed by atoms with Gasteiger partial charge >= 0.3 is 0 Å². The number of rotatable bonds is 17. The van der Waals surface area contributed by atoms with Gasteiger partial charge in [-0.25, -0.2) is 4.98 Å². The number of ether oxygens (including phenoxy) is 2. The number of imidazole rings is 1. The number of carbonyl (C=O) groups is 1. The molecule has 1 aromatic heterocycles. The fourth-order valence-electron chi connectivity index (χ4n) is 5.73. The Labute approximate surface area is 273 Å². The Balaban J connectivity index is 1.03. The molecule has 0 unspecified atom stereocenters. The van der Waals surface area contributed by atoms with Crippen molar-refractivity contribution in [3.63, 3.8) is 0 Å². The molecule has 5 aromatic rings. The molecule has 0 radical (unpaired) electrons. The van der Waals surface area contributed by atoms with E-state index in [0.29, 0.717) is 19.6 Å². The Morgan fingerprint density at radius 2 is 1.61 bits per heavy atom. The molecule has 0 fully saturated rings. The number of methoxy groups -OCH3 is 1. The summed E-state index contributed by atoms with van der Waals surface area (Å²) in [6, 6.07) is 32.9. The van der Waals surface area contributed by atoms with E-state index < -0.39 is 0 Å². The van der Waals surface area contributed by atoms with Crippen molar-refractivity contribution in [2.45, 2.75) is 58.4 Å². The van der Waals surface area contributed by atoms with E-state index in [0.717, 1.165) is 84.6 Å². The third kappa shape index (κ3) is 9.10. The van der Waals surface area contributed by atoms with Crippen LogP contribution < -0.4 is 14.8 Å². The van der Waals surface area contributed by atoms with Crippen LogP contribution in [0.5, 0.6) is 11.5 Å². The second-order valence-electron chi connectivity index (χ2n) is 11.5. The monoisotopic (exact) mass is 615 g/mol. The number of allylic oxidation sites excluding steroid dienone is 1. The van der Waals surface area contributed by atoms with Gasteiger partial charge in [-0.2, -0.15) is 0 Å². The zero-order chi connectivity index (χ0) is 32.0. The number of carbonyl (C=O) groups excluding carboxylic acids is 1. The number of nitrogens with zero attached hydrogens (tertiary/aromatic N) is 2. The molecule has 0 aliphatic carbocycles. The Bertz CT molecular complexity index is 1710. The first-order chi connectivity index (χ1) is 22.6. The van der Waals surface area contributed by atoms with Gasteiger partial charge in [-0.3, -0.25) is 4.79 Å². The maximum atomic E-state index is 12.5. The quantitative estimate of drug-likeness (QED) is 0.106. The zero-order valence-corrected chi connectivity index (χ0v) is 27.1. The number of aryl methyl sites for hydroxylation is 2. The highest BCUT2D eigenvalue weighted by Gasteiger charge is 2.11. The smallest absolute Gasteiger partial charge is 0.224 e. The Hall–Kier alpha value is -4.84. The number of benzene rings is 4. The van der Waals surface area contributed by atoms with Crippen molar-refractivity contribution in [3.05, 3.63) is 120 Å². The molecule has 1 heterocycles. The third-order valence-electron chi connectivity index (χ3n) is 8.14. The average Bonchev–Trinajstić information content (AvgIpc) is 3.44. The molecule has 0 bridgehead atoms. The van der Waals surface area contributed by atoms with Crippen LogP contribution >= 0.6 is 0 Å². The van der Waals surface area contributed by atoms with Crippen LogP contribution in [0.3, 0.4) is 0 Å². The maximum Gasteiger partial charge on any atom is 0.224 e. The van der Waals surface area contributed by atoms with Crippen LogP contribution in [0.25, 0.3) is 28.2 Å². The predicted molar refractivity (Wildman–Crippen MR) is 188 cm³/mol. The van der Waals surface area contributed by atoms with E-state index in [2.05, 4.69) is 52.3 Å². The van der Waals surface area contributed by atoms with E-state index >= 15 is 0 Å². The summed E-state index contributed by atoms with van der Waals surface area (Å²) in [5, 5.41) is 3.09. The number of para-hydroxylation sites is 2. The Morgan fingerprint density at radius 1 is 0.826 bits per heavy atom. The van der Waals surface area contributed by atoms with Gasteiger partial charge in [-0.05, 0) is 79.1 Å². The largest absolute Gasteiger partial charge is 0.493 e. The molecule has 1 amide bonds. The van der Waals surface area contributed by atoms with Gasteiger partial charge < -0.3 is 19.4 Å². The lowest BCUT2D eigenvalue weighted by atomic mass is 10.0. The van der Waals surface area contributed by atoms with E-state index in [1.165, 1.54) is 11.1 Å². The summed E-state index contributed by atoms with van der Waals surface area (Å²) in [7, 11) is 1.68. The molecule has 4 aromatic carbocycles. The molecule has 238 valence electrons. The van der Waals surface area contributed by atoms with Crippen molar-refractivity contribution >= 4 is 23.0 Å². The van der Waals surface area contributed by atoms with Gasteiger partial charge in [0.25, 0.3) is 0 Å². The molecule has 0 saturated carbocycles. The molecule has 0 saturated heterocycles. The van der Waals surface area contributed by atoms with Gasteiger partial charge in [0.05, 0.1) is 31.2 Å². The first-order valence-corrected chi connectivity index (χ1v) is 16.4. The Kier molecular flexibility index (Phi) is 12.0. The van der Waals surface area contributed by atoms with Crippen molar-refractivity contribution in [1.82, 2.24) is 14.9 Å². The minimum atomic E-state index is 0.0716. The molecular formula is C40H45N3O3. The van der Waals surface area contributed by atoms with Crippen molar-refractivity contribution in [2.24, 2.45) is 0 Å². The highest BCUT2D eigenvalue weighted by molar-refractivity contribution is 5.79. The molecule has 5 rings (SSSR count). The van der Waals surface area contributed by atoms with Gasteiger partial charge in [0, 0.05) is 19.5 Å². The lowest BCUT2D eigenvalue weighted by Gasteiger charge is -2.12. The van der Waals surface area contributed by atoms with E-state index in [1.54, 1.807) is 7.11 Å². The first-order valence-electron chi connectivity index (χ1n) is 16.4. The minimum absolute atomic E-state index is 0.0716. The molecule has 0 aliphatic rings. The van der Waals surface area contributed by atoms with Crippen LogP contribution in [-0.4, -0.2) is 35.7 Å². The SMILES string of the molecule is C/C=C/c1ccc(OCCCCn2c(CCCCCNC(=O)Cc3ccc(-c4ccccc4)cc3)nc3ccccc32)c(OC)c1. The van der Waals surface area contributed by atoms with Gasteiger partial charge in [-0.1, -0.05) is 91.4 Å². The highest BCUT2D eigenvalue weighted by atomic mass is 16.5. The van der Waals surface area contributed by atoms with Crippen LogP contribution in [0, 0.1) is 0 Å². The van der Waals surface area contributed by atoms with E-state index in [-0.39, 0.29) is 5.91 Å². The highest BCUT2D eigenvalue weighted by Crippen LogP contribution is 2.29. The predicted octanol–water partition coefficient (Wildman–Crippen LogP) is 8.68. The van der Waals surface area contributed by atoms with Crippen LogP contribution in [-0.2, 0) is 24.2 Å². The number of hydrogen-bond donors (Lipinski definition) is 1. The normalized spacial score (nSPS) is 11.3. The van der Waals surface area contributed by atoms with Gasteiger partial charge in [-0.15, -0.1) is 0 Å². The molecule has 0 spiro atoms. The number of unbranched alkanes of at least 4 members (excludes halogenated alkanes) is 3. The van der Waals surface area contributed by atoms with E-state index in [9.17, 15) is 4.79 Å². The van der Waals surface area contributed by atoms with E-state index in [1.807, 2.05) is 73.7 Å². The zero-order valence-electron chi connectivity index (χ0n) is 27.1. The number of hydrogen-bond acceptors (Lipinski definition) is 4. The summed E-state index contributed by atoms with van der Waals surface area (Å²) in [5.41, 5.74) is 6.70. The summed E-state index contributed by atoms with van der Waals surface area (Å²) >= 11 is 0. The number of aromatic nitrogens is 2. The summed E-state index contributed by atoms with van der Waals surface area (Å²) in [6.07, 6.45) is 10.3. The van der Waals surface area contributed by atoms with Crippen molar-refractivity contribution in [2.75, 3.05) is 20.3 Å². The van der Waals surface area contributed by atoms with Crippen LogP contribution in [0.15, 0.2) is 103 Å². The molecule has 46 heavy (non-hydrogen) atoms. The third-order valence-corrected chi connectivity index (χ3v) is 8.14. The average molecular weight is 616 g/mol. The number of amides is 1. The summed E-state index contributed by atoms with van der Waals surface area (Å²) in [4.78, 5) is 17.5. The van der Waals surface area contributed by atoms with Crippen molar-refractivity contribution < 1.29 is 14.3 Å². The number of fused-ring (bicyclic) bond motifs is 1. The molecular weight excluding hydrogens is 570 g/mol. The summed E-state index contributed by atoms with van der Waals surface area (Å²) < 4.78 is 14.0. The summed E-state index contributed by atoms with van der Waals surface area (Å²) in [5.74, 6) is 2.73. The van der Waals surface area contributed by atoms with Gasteiger partial charge in [0.1, 0.15) is 5.82 Å². The van der Waals surface area contributed by atoms with Crippen LogP contribution in [0.2, 0.25) is 0 Å². The van der Waals surface area contributed by atoms with E-state index in [4.69, 9.17) is 14.5 Å². The Morgan fingerprint density at radius 3 is 2.41 bits per heavy atom. The molecule has 1 N–H and O–H groups in total. The van der Waals surface area contributed by atoms with Gasteiger partial charge in [0.15, 0.2) is 11.5 Å². The fraction of sp³-hybridized carbons (Fsp3) is 0.300.